The zero-order chi connectivity index (χ0) is 26.0. The van der Waals surface area contributed by atoms with Gasteiger partial charge in [-0.3, -0.25) is 4.79 Å². The normalized spacial score (nSPS) is 14.0. The van der Waals surface area contributed by atoms with Gasteiger partial charge < -0.3 is 19.7 Å². The number of carbonyl (C=O) groups is 2. The highest BCUT2D eigenvalue weighted by molar-refractivity contribution is 6.09. The minimum absolute atomic E-state index is 0.145. The monoisotopic (exact) mass is 488 g/mol. The summed E-state index contributed by atoms with van der Waals surface area (Å²) in [5, 5.41) is 3.29. The number of anilines is 2. The lowest BCUT2D eigenvalue weighted by atomic mass is 9.91. The van der Waals surface area contributed by atoms with Crippen LogP contribution in [0.4, 0.5) is 15.8 Å². The van der Waals surface area contributed by atoms with Crippen LogP contribution in [0.3, 0.4) is 0 Å². The van der Waals surface area contributed by atoms with Gasteiger partial charge >= 0.3 is 5.97 Å². The second kappa shape index (κ2) is 9.85. The lowest BCUT2D eigenvalue weighted by molar-refractivity contribution is -0.122. The van der Waals surface area contributed by atoms with Gasteiger partial charge in [0.25, 0.3) is 5.91 Å². The predicted molar refractivity (Wildman–Crippen MR) is 139 cm³/mol. The van der Waals surface area contributed by atoms with E-state index in [1.54, 1.807) is 43.0 Å². The van der Waals surface area contributed by atoms with Gasteiger partial charge in [0.2, 0.25) is 0 Å². The molecule has 7 heteroatoms. The fraction of sp³-hybridized carbons (Fsp3) is 0.241. The van der Waals surface area contributed by atoms with Crippen LogP contribution in [0.5, 0.6) is 5.75 Å². The molecule has 186 valence electrons. The molecule has 0 aliphatic carbocycles. The SMILES string of the molecule is C=CCN1C(=O)C(C)(C)Nc2ccc(-c3cc(F)ccc3OC)c(COC(=O)c3ccc(C)cc3)c21. The number of nitrogens with zero attached hydrogens (tertiary/aromatic N) is 1. The number of benzene rings is 3. The van der Waals surface area contributed by atoms with E-state index in [4.69, 9.17) is 9.47 Å². The Balaban J connectivity index is 1.88. The molecule has 0 spiro atoms. The number of rotatable bonds is 7. The molecule has 0 saturated heterocycles. The summed E-state index contributed by atoms with van der Waals surface area (Å²) in [5.41, 5.74) is 3.45. The van der Waals surface area contributed by atoms with Crippen LogP contribution >= 0.6 is 0 Å². The van der Waals surface area contributed by atoms with E-state index >= 15 is 0 Å². The molecule has 1 N–H and O–H groups in total. The van der Waals surface area contributed by atoms with Crippen molar-refractivity contribution in [1.82, 2.24) is 0 Å². The molecule has 1 aliphatic rings. The molecule has 3 aromatic carbocycles. The third-order valence-electron chi connectivity index (χ3n) is 6.18. The van der Waals surface area contributed by atoms with E-state index in [2.05, 4.69) is 11.9 Å². The van der Waals surface area contributed by atoms with Crippen LogP contribution in [0.25, 0.3) is 11.1 Å². The number of hydrogen-bond donors (Lipinski definition) is 1. The van der Waals surface area contributed by atoms with Crippen LogP contribution in [0.15, 0.2) is 67.3 Å². The molecule has 0 aromatic heterocycles. The Hall–Kier alpha value is -4.13. The van der Waals surface area contributed by atoms with Crippen molar-refractivity contribution in [3.05, 3.63) is 89.8 Å². The fourth-order valence-electron chi connectivity index (χ4n) is 4.38. The van der Waals surface area contributed by atoms with E-state index in [1.807, 2.05) is 31.2 Å². The number of hydrogen-bond acceptors (Lipinski definition) is 5. The van der Waals surface area contributed by atoms with E-state index in [-0.39, 0.29) is 19.1 Å². The fourth-order valence-corrected chi connectivity index (χ4v) is 4.38. The molecule has 1 amide bonds. The van der Waals surface area contributed by atoms with Crippen molar-refractivity contribution in [1.29, 1.82) is 0 Å². The Morgan fingerprint density at radius 2 is 1.83 bits per heavy atom. The number of esters is 1. The molecule has 1 aliphatic heterocycles. The number of carbonyl (C=O) groups excluding carboxylic acids is 2. The third kappa shape index (κ3) is 4.69. The summed E-state index contributed by atoms with van der Waals surface area (Å²) in [6.45, 7) is 9.45. The van der Waals surface area contributed by atoms with Crippen LogP contribution in [-0.4, -0.2) is 31.1 Å². The predicted octanol–water partition coefficient (Wildman–Crippen LogP) is 5.89. The summed E-state index contributed by atoms with van der Waals surface area (Å²) in [5.74, 6) is -0.655. The van der Waals surface area contributed by atoms with E-state index in [0.717, 1.165) is 5.56 Å². The molecule has 0 saturated carbocycles. The summed E-state index contributed by atoms with van der Waals surface area (Å²) < 4.78 is 25.6. The van der Waals surface area contributed by atoms with Crippen molar-refractivity contribution in [3.63, 3.8) is 0 Å². The lowest BCUT2D eigenvalue weighted by Gasteiger charge is -2.41. The Morgan fingerprint density at radius 1 is 1.11 bits per heavy atom. The molecule has 1 heterocycles. The number of ether oxygens (including phenoxy) is 2. The van der Waals surface area contributed by atoms with Gasteiger partial charge in [-0.25, -0.2) is 9.18 Å². The van der Waals surface area contributed by atoms with Crippen LogP contribution in [0.2, 0.25) is 0 Å². The first-order valence-corrected chi connectivity index (χ1v) is 11.6. The topological polar surface area (TPSA) is 67.9 Å². The Labute approximate surface area is 210 Å². The number of halogens is 1. The zero-order valence-electron chi connectivity index (χ0n) is 20.9. The van der Waals surface area contributed by atoms with Gasteiger partial charge in [0.1, 0.15) is 23.7 Å². The van der Waals surface area contributed by atoms with Crippen molar-refractivity contribution < 1.29 is 23.5 Å². The maximum atomic E-state index is 14.3. The number of fused-ring (bicyclic) bond motifs is 1. The molecule has 0 unspecified atom stereocenters. The Bertz CT molecular complexity index is 1330. The highest BCUT2D eigenvalue weighted by Crippen LogP contribution is 2.44. The summed E-state index contributed by atoms with van der Waals surface area (Å²) in [6.07, 6.45) is 1.64. The highest BCUT2D eigenvalue weighted by atomic mass is 19.1. The first-order valence-electron chi connectivity index (χ1n) is 11.6. The molecule has 3 aromatic rings. The van der Waals surface area contributed by atoms with Gasteiger partial charge in [0.15, 0.2) is 0 Å². The van der Waals surface area contributed by atoms with Gasteiger partial charge in [0, 0.05) is 17.7 Å². The van der Waals surface area contributed by atoms with E-state index in [9.17, 15) is 14.0 Å². The minimum atomic E-state index is -0.857. The van der Waals surface area contributed by atoms with Crippen LogP contribution in [0.1, 0.15) is 35.3 Å². The molecule has 0 fully saturated rings. The highest BCUT2D eigenvalue weighted by Gasteiger charge is 2.40. The number of nitrogens with one attached hydrogen (secondary N) is 1. The zero-order valence-corrected chi connectivity index (χ0v) is 20.9. The second-order valence-electron chi connectivity index (χ2n) is 9.23. The molecule has 0 radical (unpaired) electrons. The molecular weight excluding hydrogens is 459 g/mol. The number of aryl methyl sites for hydroxylation is 1. The molecule has 4 rings (SSSR count). The Kier molecular flexibility index (Phi) is 6.84. The van der Waals surface area contributed by atoms with E-state index in [0.29, 0.717) is 39.4 Å². The molecule has 6 nitrogen and oxygen atoms in total. The lowest BCUT2D eigenvalue weighted by Crippen LogP contribution is -2.54. The van der Waals surface area contributed by atoms with Gasteiger partial charge in [-0.15, -0.1) is 6.58 Å². The summed E-state index contributed by atoms with van der Waals surface area (Å²) >= 11 is 0. The average molecular weight is 489 g/mol. The van der Waals surface area contributed by atoms with Crippen molar-refractivity contribution >= 4 is 23.3 Å². The van der Waals surface area contributed by atoms with Crippen LogP contribution in [-0.2, 0) is 16.1 Å². The largest absolute Gasteiger partial charge is 0.496 e. The van der Waals surface area contributed by atoms with Gasteiger partial charge in [-0.2, -0.15) is 0 Å². The van der Waals surface area contributed by atoms with E-state index < -0.39 is 17.3 Å². The van der Waals surface area contributed by atoms with Crippen molar-refractivity contribution in [2.24, 2.45) is 0 Å². The molecule has 0 atom stereocenters. The van der Waals surface area contributed by atoms with Crippen molar-refractivity contribution in [2.75, 3.05) is 23.9 Å². The standard InChI is InChI=1S/C29H29FN2O4/c1-6-15-32-26-23(17-36-27(33)19-9-7-18(2)8-10-19)21(22-16-20(30)11-14-25(22)35-5)12-13-24(26)31-29(3,4)28(32)34/h6-14,16,31H,1,15,17H2,2-5H3. The van der Waals surface area contributed by atoms with Gasteiger partial charge in [0.05, 0.1) is 24.0 Å². The quantitative estimate of drug-likeness (QED) is 0.332. The summed E-state index contributed by atoms with van der Waals surface area (Å²) in [6, 6.07) is 14.9. The second-order valence-corrected chi connectivity index (χ2v) is 9.23. The van der Waals surface area contributed by atoms with Crippen molar-refractivity contribution in [2.45, 2.75) is 32.9 Å². The van der Waals surface area contributed by atoms with Crippen LogP contribution in [0, 0.1) is 12.7 Å². The van der Waals surface area contributed by atoms with E-state index in [1.165, 1.54) is 19.2 Å². The maximum Gasteiger partial charge on any atom is 0.338 e. The van der Waals surface area contributed by atoms with Crippen LogP contribution < -0.4 is 15.0 Å². The first-order chi connectivity index (χ1) is 17.2. The third-order valence-corrected chi connectivity index (χ3v) is 6.18. The molecule has 36 heavy (non-hydrogen) atoms. The molecular formula is C29H29FN2O4. The minimum Gasteiger partial charge on any atom is -0.496 e. The summed E-state index contributed by atoms with van der Waals surface area (Å²) in [4.78, 5) is 27.9. The first kappa shape index (κ1) is 25.0. The molecule has 0 bridgehead atoms. The number of methoxy groups -OCH3 is 1. The average Bonchev–Trinajstić information content (AvgIpc) is 2.85. The smallest absolute Gasteiger partial charge is 0.338 e. The van der Waals surface area contributed by atoms with Gasteiger partial charge in [-0.05, 0) is 62.7 Å². The summed E-state index contributed by atoms with van der Waals surface area (Å²) in [7, 11) is 1.50. The van der Waals surface area contributed by atoms with Crippen molar-refractivity contribution in [3.8, 4) is 16.9 Å². The Morgan fingerprint density at radius 3 is 2.50 bits per heavy atom. The maximum absolute atomic E-state index is 14.3. The number of amides is 1. The van der Waals surface area contributed by atoms with Gasteiger partial charge in [-0.1, -0.05) is 29.8 Å².